The molecule has 2 N–H and O–H groups in total. The maximum absolute atomic E-state index is 12.1. The molecule has 0 saturated heterocycles. The topological polar surface area (TPSA) is 67.0 Å². The highest BCUT2D eigenvalue weighted by Gasteiger charge is 2.22. The van der Waals surface area contributed by atoms with Gasteiger partial charge >= 0.3 is 0 Å². The summed E-state index contributed by atoms with van der Waals surface area (Å²) >= 11 is 6.32. The number of aromatic amines is 1. The lowest BCUT2D eigenvalue weighted by molar-refractivity contribution is 0.0537. The van der Waals surface area contributed by atoms with Crippen molar-refractivity contribution in [1.29, 1.82) is 0 Å². The van der Waals surface area contributed by atoms with Gasteiger partial charge in [-0.2, -0.15) is 0 Å². The first kappa shape index (κ1) is 17.2. The van der Waals surface area contributed by atoms with E-state index in [1.807, 2.05) is 43.3 Å². The summed E-state index contributed by atoms with van der Waals surface area (Å²) in [5, 5.41) is 0.704. The van der Waals surface area contributed by atoms with E-state index >= 15 is 0 Å². The molecule has 1 atom stereocenters. The SMILES string of the molecule is CONC(=O)c1cccc(C(c2cnc[nH]2)c2cccc(Cl)c2C)c1. The van der Waals surface area contributed by atoms with Crippen molar-refractivity contribution in [2.24, 2.45) is 0 Å². The molecule has 0 saturated carbocycles. The number of hydrogen-bond donors (Lipinski definition) is 2. The number of amides is 1. The highest BCUT2D eigenvalue weighted by atomic mass is 35.5. The van der Waals surface area contributed by atoms with Crippen molar-refractivity contribution < 1.29 is 9.63 Å². The molecule has 1 unspecified atom stereocenters. The average molecular weight is 356 g/mol. The van der Waals surface area contributed by atoms with Crippen molar-refractivity contribution in [3.63, 3.8) is 0 Å². The van der Waals surface area contributed by atoms with Crippen LogP contribution in [0.5, 0.6) is 0 Å². The number of carbonyl (C=O) groups excluding carboxylic acids is 1. The first-order chi connectivity index (χ1) is 12.1. The van der Waals surface area contributed by atoms with Crippen LogP contribution in [0.3, 0.4) is 0 Å². The van der Waals surface area contributed by atoms with Crippen LogP contribution in [0.15, 0.2) is 55.0 Å². The maximum atomic E-state index is 12.1. The van der Waals surface area contributed by atoms with E-state index in [9.17, 15) is 4.79 Å². The van der Waals surface area contributed by atoms with Crippen LogP contribution in [0.1, 0.15) is 38.7 Å². The molecule has 0 spiro atoms. The molecule has 1 aromatic heterocycles. The summed E-state index contributed by atoms with van der Waals surface area (Å²) in [6.45, 7) is 1.99. The third-order valence-electron chi connectivity index (χ3n) is 4.13. The Hall–Kier alpha value is -2.63. The first-order valence-corrected chi connectivity index (χ1v) is 8.16. The summed E-state index contributed by atoms with van der Waals surface area (Å²) in [6, 6.07) is 13.3. The highest BCUT2D eigenvalue weighted by molar-refractivity contribution is 6.31. The molecule has 1 amide bonds. The van der Waals surface area contributed by atoms with Crippen LogP contribution in [-0.2, 0) is 4.84 Å². The van der Waals surface area contributed by atoms with E-state index in [4.69, 9.17) is 16.4 Å². The average Bonchev–Trinajstić information content (AvgIpc) is 3.14. The quantitative estimate of drug-likeness (QED) is 0.683. The van der Waals surface area contributed by atoms with Crippen molar-refractivity contribution in [3.8, 4) is 0 Å². The molecule has 3 aromatic rings. The number of rotatable bonds is 5. The molecule has 3 rings (SSSR count). The molecule has 5 nitrogen and oxygen atoms in total. The van der Waals surface area contributed by atoms with Crippen molar-refractivity contribution in [2.75, 3.05) is 7.11 Å². The minimum atomic E-state index is -0.296. The second kappa shape index (κ2) is 7.51. The Morgan fingerprint density at radius 1 is 1.28 bits per heavy atom. The van der Waals surface area contributed by atoms with Crippen LogP contribution in [0, 0.1) is 6.92 Å². The van der Waals surface area contributed by atoms with Crippen LogP contribution in [0.2, 0.25) is 5.02 Å². The van der Waals surface area contributed by atoms with Gasteiger partial charge in [-0.15, -0.1) is 0 Å². The second-order valence-corrected chi connectivity index (χ2v) is 6.06. The number of aromatic nitrogens is 2. The molecule has 6 heteroatoms. The van der Waals surface area contributed by atoms with Crippen LogP contribution >= 0.6 is 11.6 Å². The van der Waals surface area contributed by atoms with Gasteiger partial charge in [-0.25, -0.2) is 10.5 Å². The number of imidazole rings is 1. The number of hydrogen-bond acceptors (Lipinski definition) is 3. The number of nitrogens with one attached hydrogen (secondary N) is 2. The number of carbonyl (C=O) groups is 1. The largest absolute Gasteiger partial charge is 0.348 e. The van der Waals surface area contributed by atoms with Crippen molar-refractivity contribution in [2.45, 2.75) is 12.8 Å². The first-order valence-electron chi connectivity index (χ1n) is 7.78. The molecule has 0 aliphatic carbocycles. The Kier molecular flexibility index (Phi) is 5.16. The molecule has 25 heavy (non-hydrogen) atoms. The van der Waals surface area contributed by atoms with Gasteiger partial charge in [-0.05, 0) is 41.8 Å². The lowest BCUT2D eigenvalue weighted by Crippen LogP contribution is -2.22. The van der Waals surface area contributed by atoms with Gasteiger partial charge in [-0.1, -0.05) is 35.9 Å². The Labute approximate surface area is 151 Å². The van der Waals surface area contributed by atoms with Gasteiger partial charge in [0.2, 0.25) is 0 Å². The predicted octanol–water partition coefficient (Wildman–Crippen LogP) is 3.84. The minimum Gasteiger partial charge on any atom is -0.348 e. The van der Waals surface area contributed by atoms with Gasteiger partial charge in [0.15, 0.2) is 0 Å². The van der Waals surface area contributed by atoms with Crippen molar-refractivity contribution >= 4 is 17.5 Å². The summed E-state index contributed by atoms with van der Waals surface area (Å²) in [7, 11) is 1.41. The fourth-order valence-electron chi connectivity index (χ4n) is 2.90. The van der Waals surface area contributed by atoms with Crippen LogP contribution in [-0.4, -0.2) is 23.0 Å². The summed E-state index contributed by atoms with van der Waals surface area (Å²) in [5.41, 5.74) is 6.79. The molecule has 1 heterocycles. The molecule has 128 valence electrons. The van der Waals surface area contributed by atoms with Crippen LogP contribution in [0.4, 0.5) is 0 Å². The minimum absolute atomic E-state index is 0.114. The van der Waals surface area contributed by atoms with Gasteiger partial charge < -0.3 is 4.98 Å². The lowest BCUT2D eigenvalue weighted by atomic mass is 9.85. The molecule has 0 aliphatic rings. The second-order valence-electron chi connectivity index (χ2n) is 5.65. The Morgan fingerprint density at radius 3 is 2.80 bits per heavy atom. The van der Waals surface area contributed by atoms with E-state index in [0.717, 1.165) is 22.4 Å². The maximum Gasteiger partial charge on any atom is 0.274 e. The van der Waals surface area contributed by atoms with E-state index in [0.29, 0.717) is 10.6 Å². The van der Waals surface area contributed by atoms with Crippen LogP contribution in [0.25, 0.3) is 0 Å². The number of nitrogens with zero attached hydrogens (tertiary/aromatic N) is 1. The van der Waals surface area contributed by atoms with E-state index in [2.05, 4.69) is 15.4 Å². The molecule has 0 bridgehead atoms. The summed E-state index contributed by atoms with van der Waals surface area (Å²) in [5.74, 6) is -0.410. The number of H-pyrrole nitrogens is 1. The zero-order valence-corrected chi connectivity index (χ0v) is 14.7. The molecule has 0 radical (unpaired) electrons. The fourth-order valence-corrected chi connectivity index (χ4v) is 3.08. The number of hydroxylamine groups is 1. The molecule has 2 aromatic carbocycles. The fraction of sp³-hybridized carbons (Fsp3) is 0.158. The monoisotopic (exact) mass is 355 g/mol. The van der Waals surface area contributed by atoms with E-state index in [-0.39, 0.29) is 11.8 Å². The number of halogens is 1. The Morgan fingerprint density at radius 2 is 2.08 bits per heavy atom. The van der Waals surface area contributed by atoms with Gasteiger partial charge in [0.05, 0.1) is 19.4 Å². The summed E-state index contributed by atoms with van der Waals surface area (Å²) < 4.78 is 0. The normalized spacial score (nSPS) is 12.0. The van der Waals surface area contributed by atoms with Gasteiger partial charge in [0, 0.05) is 22.5 Å². The van der Waals surface area contributed by atoms with Crippen molar-refractivity contribution in [3.05, 3.63) is 88.0 Å². The van der Waals surface area contributed by atoms with Gasteiger partial charge in [0.1, 0.15) is 0 Å². The third kappa shape index (κ3) is 3.57. The van der Waals surface area contributed by atoms with Gasteiger partial charge in [0.25, 0.3) is 5.91 Å². The van der Waals surface area contributed by atoms with E-state index < -0.39 is 0 Å². The highest BCUT2D eigenvalue weighted by Crippen LogP contribution is 2.35. The summed E-state index contributed by atoms with van der Waals surface area (Å²) in [4.78, 5) is 24.1. The predicted molar refractivity (Wildman–Crippen MR) is 96.6 cm³/mol. The smallest absolute Gasteiger partial charge is 0.274 e. The summed E-state index contributed by atoms with van der Waals surface area (Å²) in [6.07, 6.45) is 3.43. The molecular formula is C19H18ClN3O2. The lowest BCUT2D eigenvalue weighted by Gasteiger charge is -2.20. The molecule has 0 fully saturated rings. The van der Waals surface area contributed by atoms with E-state index in [1.54, 1.807) is 18.6 Å². The zero-order chi connectivity index (χ0) is 17.8. The van der Waals surface area contributed by atoms with E-state index in [1.165, 1.54) is 7.11 Å². The Bertz CT molecular complexity index is 878. The Balaban J connectivity index is 2.12. The standard InChI is InChI=1S/C19H18ClN3O2/c1-12-15(7-4-8-16(12)20)18(17-10-21-11-22-17)13-5-3-6-14(9-13)19(24)23-25-2/h3-11,18H,1-2H3,(H,21,22)(H,23,24). The molecular weight excluding hydrogens is 338 g/mol. The number of benzene rings is 2. The zero-order valence-electron chi connectivity index (χ0n) is 13.9. The third-order valence-corrected chi connectivity index (χ3v) is 4.54. The van der Waals surface area contributed by atoms with Crippen LogP contribution < -0.4 is 5.48 Å². The molecule has 0 aliphatic heterocycles. The van der Waals surface area contributed by atoms with Crippen molar-refractivity contribution in [1.82, 2.24) is 15.4 Å². The van der Waals surface area contributed by atoms with Gasteiger partial charge in [-0.3, -0.25) is 9.63 Å².